The van der Waals surface area contributed by atoms with E-state index in [2.05, 4.69) is 62.0 Å². The highest BCUT2D eigenvalue weighted by molar-refractivity contribution is 5.50. The average molecular weight is 506 g/mol. The lowest BCUT2D eigenvalue weighted by Crippen LogP contribution is -2.55. The third-order valence-corrected chi connectivity index (χ3v) is 10.8. The Kier molecular flexibility index (Phi) is 6.08. The lowest BCUT2D eigenvalue weighted by Gasteiger charge is -2.57. The molecule has 1 spiro atoms. The number of hydrogen-bond acceptors (Lipinski definition) is 5. The minimum absolute atomic E-state index is 0.0482. The van der Waals surface area contributed by atoms with Gasteiger partial charge in [-0.15, -0.1) is 5.92 Å². The molecular formula is C32H43NO4. The van der Waals surface area contributed by atoms with Gasteiger partial charge in [-0.25, -0.2) is 0 Å². The molecule has 200 valence electrons. The van der Waals surface area contributed by atoms with Gasteiger partial charge >= 0.3 is 0 Å². The summed E-state index contributed by atoms with van der Waals surface area (Å²) in [4.78, 5) is 2.15. The van der Waals surface area contributed by atoms with Gasteiger partial charge in [0.1, 0.15) is 5.60 Å². The number of benzene rings is 1. The first-order chi connectivity index (χ1) is 17.7. The van der Waals surface area contributed by atoms with E-state index in [1.807, 2.05) is 14.0 Å². The number of allylic oxidation sites excluding steroid dienone is 1. The van der Waals surface area contributed by atoms with Gasteiger partial charge in [0, 0.05) is 51.1 Å². The molecule has 5 heteroatoms. The fourth-order valence-electron chi connectivity index (χ4n) is 9.10. The van der Waals surface area contributed by atoms with Crippen molar-refractivity contribution in [3.8, 4) is 11.8 Å². The van der Waals surface area contributed by atoms with Crippen molar-refractivity contribution in [2.45, 2.75) is 88.1 Å². The molecule has 1 saturated heterocycles. The minimum Gasteiger partial charge on any atom is -0.385 e. The molecular weight excluding hydrogens is 462 g/mol. The van der Waals surface area contributed by atoms with E-state index in [9.17, 15) is 5.11 Å². The van der Waals surface area contributed by atoms with Gasteiger partial charge < -0.3 is 24.2 Å². The maximum Gasteiger partial charge on any atom is 0.171 e. The molecule has 1 aliphatic heterocycles. The van der Waals surface area contributed by atoms with Gasteiger partial charge in [0.2, 0.25) is 0 Å². The van der Waals surface area contributed by atoms with Crippen molar-refractivity contribution in [3.05, 3.63) is 41.0 Å². The van der Waals surface area contributed by atoms with Gasteiger partial charge in [-0.05, 0) is 80.6 Å². The Morgan fingerprint density at radius 3 is 2.43 bits per heavy atom. The van der Waals surface area contributed by atoms with Crippen LogP contribution >= 0.6 is 0 Å². The van der Waals surface area contributed by atoms with Crippen LogP contribution in [0, 0.1) is 29.1 Å². The largest absolute Gasteiger partial charge is 0.385 e. The van der Waals surface area contributed by atoms with Gasteiger partial charge in [-0.3, -0.25) is 0 Å². The number of anilines is 1. The third kappa shape index (κ3) is 3.67. The molecule has 0 aromatic heterocycles. The molecule has 3 saturated carbocycles. The summed E-state index contributed by atoms with van der Waals surface area (Å²) < 4.78 is 18.5. The lowest BCUT2D eigenvalue weighted by atomic mass is 9.49. The van der Waals surface area contributed by atoms with Crippen LogP contribution in [-0.4, -0.2) is 56.5 Å². The van der Waals surface area contributed by atoms with E-state index < -0.39 is 17.0 Å². The summed E-state index contributed by atoms with van der Waals surface area (Å²) in [5.74, 6) is 7.38. The smallest absolute Gasteiger partial charge is 0.171 e. The number of rotatable bonds is 3. The Labute approximate surface area is 222 Å². The van der Waals surface area contributed by atoms with Crippen LogP contribution in [0.25, 0.3) is 0 Å². The first kappa shape index (κ1) is 25.4. The maximum absolute atomic E-state index is 12.2. The molecule has 1 N–H and O–H groups in total. The summed E-state index contributed by atoms with van der Waals surface area (Å²) in [5.41, 5.74) is 4.04. The molecule has 4 fully saturated rings. The molecule has 1 heterocycles. The summed E-state index contributed by atoms with van der Waals surface area (Å²) in [5, 5.41) is 12.2. The number of nitrogens with zero attached hydrogens (tertiary/aromatic N) is 1. The van der Waals surface area contributed by atoms with Crippen molar-refractivity contribution in [3.63, 3.8) is 0 Å². The second-order valence-electron chi connectivity index (χ2n) is 12.6. The molecule has 0 amide bonds. The molecule has 1 aromatic rings. The fourth-order valence-corrected chi connectivity index (χ4v) is 9.10. The van der Waals surface area contributed by atoms with E-state index in [1.165, 1.54) is 22.4 Å². The Balaban J connectivity index is 1.49. The second-order valence-corrected chi connectivity index (χ2v) is 12.6. The normalized spacial score (nSPS) is 40.0. The molecule has 0 radical (unpaired) electrons. The maximum atomic E-state index is 12.2. The molecule has 4 aliphatic carbocycles. The standard InChI is InChI=1S/C32H43NO4/c1-6-14-31(35-5)16-12-26-24-11-15-30(34)21-32(36-18-19-37-32)17-13-27(30)28(24)25(20-29(26,31)2)22-7-9-23(10-8-22)33(3)4/h7-10,24-26,34H,11-13,15-21H2,1-5H3/t24-,25+,26-,29-,30+,31-/m0/s1. The van der Waals surface area contributed by atoms with E-state index in [0.29, 0.717) is 31.5 Å². The van der Waals surface area contributed by atoms with Gasteiger partial charge in [-0.2, -0.15) is 0 Å². The topological polar surface area (TPSA) is 51.2 Å². The van der Waals surface area contributed by atoms with Crippen molar-refractivity contribution in [1.82, 2.24) is 0 Å². The minimum atomic E-state index is -0.843. The predicted molar refractivity (Wildman–Crippen MR) is 145 cm³/mol. The van der Waals surface area contributed by atoms with Crippen molar-refractivity contribution in [2.75, 3.05) is 39.3 Å². The Hall–Kier alpha value is -1.84. The van der Waals surface area contributed by atoms with Gasteiger partial charge in [-0.1, -0.05) is 30.6 Å². The van der Waals surface area contributed by atoms with Crippen LogP contribution in [0.3, 0.4) is 0 Å². The molecule has 37 heavy (non-hydrogen) atoms. The number of fused-ring (bicyclic) bond motifs is 4. The van der Waals surface area contributed by atoms with Crippen molar-refractivity contribution in [1.29, 1.82) is 0 Å². The van der Waals surface area contributed by atoms with E-state index >= 15 is 0 Å². The highest BCUT2D eigenvalue weighted by atomic mass is 16.7. The predicted octanol–water partition coefficient (Wildman–Crippen LogP) is 5.43. The zero-order valence-corrected chi connectivity index (χ0v) is 23.2. The van der Waals surface area contributed by atoms with Crippen LogP contribution in [-0.2, 0) is 14.2 Å². The number of methoxy groups -OCH3 is 1. The summed E-state index contributed by atoms with van der Waals surface area (Å²) in [6.45, 7) is 5.64. The van der Waals surface area contributed by atoms with Crippen molar-refractivity contribution in [2.24, 2.45) is 17.3 Å². The Morgan fingerprint density at radius 1 is 1.05 bits per heavy atom. The molecule has 5 aliphatic rings. The second kappa shape index (κ2) is 8.85. The van der Waals surface area contributed by atoms with E-state index in [0.717, 1.165) is 44.9 Å². The zero-order valence-electron chi connectivity index (χ0n) is 23.2. The monoisotopic (exact) mass is 505 g/mol. The Morgan fingerprint density at radius 2 is 1.78 bits per heavy atom. The van der Waals surface area contributed by atoms with Crippen LogP contribution in [0.5, 0.6) is 0 Å². The fraction of sp³-hybridized carbons (Fsp3) is 0.688. The molecule has 6 atom stereocenters. The van der Waals surface area contributed by atoms with Crippen LogP contribution in [0.1, 0.15) is 76.7 Å². The average Bonchev–Trinajstić information content (AvgIpc) is 3.45. The van der Waals surface area contributed by atoms with Gasteiger partial charge in [0.25, 0.3) is 0 Å². The van der Waals surface area contributed by atoms with Gasteiger partial charge in [0.15, 0.2) is 5.79 Å². The van der Waals surface area contributed by atoms with E-state index in [-0.39, 0.29) is 11.3 Å². The van der Waals surface area contributed by atoms with E-state index in [1.54, 1.807) is 0 Å². The highest BCUT2D eigenvalue weighted by Gasteiger charge is 2.65. The molecule has 0 bridgehead atoms. The summed E-state index contributed by atoms with van der Waals surface area (Å²) >= 11 is 0. The molecule has 6 rings (SSSR count). The zero-order chi connectivity index (χ0) is 26.1. The summed E-state index contributed by atoms with van der Waals surface area (Å²) in [6.07, 6.45) is 7.11. The van der Waals surface area contributed by atoms with Crippen molar-refractivity contribution < 1.29 is 19.3 Å². The summed E-state index contributed by atoms with van der Waals surface area (Å²) in [7, 11) is 6.03. The summed E-state index contributed by atoms with van der Waals surface area (Å²) in [6, 6.07) is 9.09. The first-order valence-corrected chi connectivity index (χ1v) is 14.2. The third-order valence-electron chi connectivity index (χ3n) is 10.8. The first-order valence-electron chi connectivity index (χ1n) is 14.2. The number of hydrogen-bond donors (Lipinski definition) is 1. The molecule has 0 unspecified atom stereocenters. The SMILES string of the molecule is CC#C[C@]1(OC)CC[C@H]2[C@@H]3CC[C@@]4(O)CC5(CCC4=C3[C@@H](c3ccc(N(C)C)cc3)C[C@@]21C)OCCO5. The van der Waals surface area contributed by atoms with Crippen LogP contribution < -0.4 is 4.90 Å². The van der Waals surface area contributed by atoms with E-state index in [4.69, 9.17) is 14.2 Å². The molecule has 1 aromatic carbocycles. The number of ether oxygens (including phenoxy) is 3. The van der Waals surface area contributed by atoms with Crippen molar-refractivity contribution >= 4 is 5.69 Å². The number of aliphatic hydroxyl groups is 1. The highest BCUT2D eigenvalue weighted by Crippen LogP contribution is 2.68. The quantitative estimate of drug-likeness (QED) is 0.439. The molecule has 5 nitrogen and oxygen atoms in total. The van der Waals surface area contributed by atoms with Gasteiger partial charge in [0.05, 0.1) is 18.8 Å². The van der Waals surface area contributed by atoms with Crippen LogP contribution in [0.2, 0.25) is 0 Å². The Bertz CT molecular complexity index is 1140. The van der Waals surface area contributed by atoms with Crippen LogP contribution in [0.15, 0.2) is 35.4 Å². The van der Waals surface area contributed by atoms with Crippen LogP contribution in [0.4, 0.5) is 5.69 Å². The lowest BCUT2D eigenvalue weighted by molar-refractivity contribution is -0.208.